The molecule has 0 bridgehead atoms. The average Bonchev–Trinajstić information content (AvgIpc) is 2.30. The van der Waals surface area contributed by atoms with Crippen LogP contribution >= 0.6 is 0 Å². The zero-order valence-electron chi connectivity index (χ0n) is 8.17. The molecule has 1 heterocycles. The summed E-state index contributed by atoms with van der Waals surface area (Å²) in [7, 11) is 0. The van der Waals surface area contributed by atoms with Gasteiger partial charge in [-0.1, -0.05) is 12.1 Å². The van der Waals surface area contributed by atoms with Crippen molar-refractivity contribution in [3.05, 3.63) is 34.4 Å². The fraction of sp³-hybridized carbons (Fsp3) is 0.300. The van der Waals surface area contributed by atoms with E-state index in [1.807, 2.05) is 4.90 Å². The van der Waals surface area contributed by atoms with Crippen LogP contribution in [0.25, 0.3) is 0 Å². The summed E-state index contributed by atoms with van der Waals surface area (Å²) in [6.45, 7) is 1.59. The molecule has 1 aromatic carbocycles. The molecule has 1 aromatic rings. The third-order valence-corrected chi connectivity index (χ3v) is 2.30. The van der Waals surface area contributed by atoms with E-state index in [0.717, 1.165) is 19.5 Å². The third-order valence-electron chi connectivity index (χ3n) is 2.30. The van der Waals surface area contributed by atoms with Crippen molar-refractivity contribution < 1.29 is 4.92 Å². The van der Waals surface area contributed by atoms with Crippen LogP contribution in [0.3, 0.4) is 0 Å². The molecule has 0 saturated heterocycles. The molecule has 0 N–H and O–H groups in total. The van der Waals surface area contributed by atoms with Crippen molar-refractivity contribution in [1.29, 1.82) is 0 Å². The Bertz CT molecular complexity index is 403. The molecule has 0 atom stereocenters. The number of para-hydroxylation sites is 2. The molecule has 5 heteroatoms. The highest BCUT2D eigenvalue weighted by Gasteiger charge is 2.18. The van der Waals surface area contributed by atoms with E-state index >= 15 is 0 Å². The predicted molar refractivity (Wildman–Crippen MR) is 58.4 cm³/mol. The van der Waals surface area contributed by atoms with Gasteiger partial charge in [0.1, 0.15) is 5.69 Å². The van der Waals surface area contributed by atoms with E-state index in [-0.39, 0.29) is 10.6 Å². The maximum absolute atomic E-state index is 10.8. The topological polar surface area (TPSA) is 58.7 Å². The second-order valence-corrected chi connectivity index (χ2v) is 3.31. The molecular formula is C10H11N3O2. The largest absolute Gasteiger partial charge is 0.327 e. The van der Waals surface area contributed by atoms with Gasteiger partial charge in [0.05, 0.1) is 11.3 Å². The van der Waals surface area contributed by atoms with E-state index in [0.29, 0.717) is 5.69 Å². The lowest BCUT2D eigenvalue weighted by Gasteiger charge is -2.21. The maximum atomic E-state index is 10.8. The monoisotopic (exact) mass is 205 g/mol. The Hall–Kier alpha value is -1.91. The fourth-order valence-electron chi connectivity index (χ4n) is 1.59. The summed E-state index contributed by atoms with van der Waals surface area (Å²) >= 11 is 0. The van der Waals surface area contributed by atoms with Gasteiger partial charge in [-0.2, -0.15) is 0 Å². The SMILES string of the molecule is O=[N+]([O-])c1ccccc1N1C=NCCC1. The fourth-order valence-corrected chi connectivity index (χ4v) is 1.59. The second kappa shape index (κ2) is 4.08. The van der Waals surface area contributed by atoms with Gasteiger partial charge in [-0.3, -0.25) is 15.1 Å². The number of rotatable bonds is 2. The maximum Gasteiger partial charge on any atom is 0.292 e. The normalized spacial score (nSPS) is 15.3. The summed E-state index contributed by atoms with van der Waals surface area (Å²) in [6, 6.07) is 6.72. The Morgan fingerprint density at radius 1 is 1.40 bits per heavy atom. The van der Waals surface area contributed by atoms with E-state index < -0.39 is 0 Å². The van der Waals surface area contributed by atoms with Gasteiger partial charge in [0.2, 0.25) is 0 Å². The molecule has 0 aliphatic carbocycles. The minimum Gasteiger partial charge on any atom is -0.327 e. The standard InChI is InChI=1S/C10H11N3O2/c14-13(15)10-5-2-1-4-9(10)12-7-3-6-11-8-12/h1-2,4-5,8H,3,6-7H2. The van der Waals surface area contributed by atoms with E-state index in [1.54, 1.807) is 24.5 Å². The van der Waals surface area contributed by atoms with Crippen molar-refractivity contribution in [2.45, 2.75) is 6.42 Å². The minimum atomic E-state index is -0.363. The Morgan fingerprint density at radius 2 is 2.20 bits per heavy atom. The average molecular weight is 205 g/mol. The molecule has 0 spiro atoms. The molecule has 78 valence electrons. The van der Waals surface area contributed by atoms with Crippen molar-refractivity contribution in [1.82, 2.24) is 0 Å². The van der Waals surface area contributed by atoms with Gasteiger partial charge >= 0.3 is 0 Å². The first-order valence-electron chi connectivity index (χ1n) is 4.79. The van der Waals surface area contributed by atoms with Gasteiger partial charge in [0.25, 0.3) is 5.69 Å². The van der Waals surface area contributed by atoms with Gasteiger partial charge in [0.15, 0.2) is 0 Å². The molecule has 1 aliphatic rings. The first-order valence-corrected chi connectivity index (χ1v) is 4.79. The lowest BCUT2D eigenvalue weighted by Crippen LogP contribution is -2.27. The first kappa shape index (κ1) is 9.64. The molecule has 0 aromatic heterocycles. The number of aliphatic imine (C=N–C) groups is 1. The predicted octanol–water partition coefficient (Wildman–Crippen LogP) is 1.83. The number of anilines is 1. The number of hydrogen-bond acceptors (Lipinski definition) is 4. The Morgan fingerprint density at radius 3 is 2.87 bits per heavy atom. The third kappa shape index (κ3) is 1.96. The number of benzene rings is 1. The van der Waals surface area contributed by atoms with Gasteiger partial charge in [-0.05, 0) is 12.5 Å². The van der Waals surface area contributed by atoms with Crippen molar-refractivity contribution in [2.75, 3.05) is 18.0 Å². The van der Waals surface area contributed by atoms with Crippen LogP contribution in [0.5, 0.6) is 0 Å². The molecule has 1 aliphatic heterocycles. The first-order chi connectivity index (χ1) is 7.29. The van der Waals surface area contributed by atoms with Crippen LogP contribution in [-0.2, 0) is 0 Å². The number of nitro groups is 1. The van der Waals surface area contributed by atoms with E-state index in [2.05, 4.69) is 4.99 Å². The highest BCUT2D eigenvalue weighted by Crippen LogP contribution is 2.27. The molecule has 15 heavy (non-hydrogen) atoms. The van der Waals surface area contributed by atoms with E-state index in [4.69, 9.17) is 0 Å². The molecule has 0 unspecified atom stereocenters. The highest BCUT2D eigenvalue weighted by atomic mass is 16.6. The summed E-state index contributed by atoms with van der Waals surface area (Å²) in [5.74, 6) is 0. The van der Waals surface area contributed by atoms with Crippen LogP contribution in [0.15, 0.2) is 29.3 Å². The smallest absolute Gasteiger partial charge is 0.292 e. The molecule has 0 amide bonds. The molecule has 0 radical (unpaired) electrons. The quantitative estimate of drug-likeness (QED) is 0.546. The second-order valence-electron chi connectivity index (χ2n) is 3.31. The van der Waals surface area contributed by atoms with Gasteiger partial charge in [-0.25, -0.2) is 0 Å². The van der Waals surface area contributed by atoms with E-state index in [1.165, 1.54) is 6.07 Å². The van der Waals surface area contributed by atoms with Crippen LogP contribution in [0, 0.1) is 10.1 Å². The Balaban J connectivity index is 2.37. The minimum absolute atomic E-state index is 0.130. The van der Waals surface area contributed by atoms with Crippen molar-refractivity contribution in [3.8, 4) is 0 Å². The summed E-state index contributed by atoms with van der Waals surface area (Å²) < 4.78 is 0. The zero-order valence-corrected chi connectivity index (χ0v) is 8.17. The molecular weight excluding hydrogens is 194 g/mol. The van der Waals surface area contributed by atoms with Crippen LogP contribution in [0.4, 0.5) is 11.4 Å². The Kier molecular flexibility index (Phi) is 2.62. The molecule has 5 nitrogen and oxygen atoms in total. The summed E-state index contributed by atoms with van der Waals surface area (Å²) in [6.07, 6.45) is 2.61. The molecule has 0 saturated carbocycles. The lowest BCUT2D eigenvalue weighted by atomic mass is 10.2. The van der Waals surface area contributed by atoms with Crippen molar-refractivity contribution in [2.24, 2.45) is 4.99 Å². The summed E-state index contributed by atoms with van der Waals surface area (Å²) in [5.41, 5.74) is 0.747. The number of nitrogens with zero attached hydrogens (tertiary/aromatic N) is 3. The van der Waals surface area contributed by atoms with Crippen LogP contribution in [0.1, 0.15) is 6.42 Å². The van der Waals surface area contributed by atoms with Crippen LogP contribution in [0.2, 0.25) is 0 Å². The van der Waals surface area contributed by atoms with Crippen LogP contribution < -0.4 is 4.90 Å². The highest BCUT2D eigenvalue weighted by molar-refractivity contribution is 5.84. The lowest BCUT2D eigenvalue weighted by molar-refractivity contribution is -0.384. The summed E-state index contributed by atoms with van der Waals surface area (Å²) in [4.78, 5) is 16.4. The number of hydrogen-bond donors (Lipinski definition) is 0. The van der Waals surface area contributed by atoms with Gasteiger partial charge in [-0.15, -0.1) is 0 Å². The Labute approximate surface area is 87.2 Å². The van der Waals surface area contributed by atoms with Gasteiger partial charge in [0, 0.05) is 19.2 Å². The summed E-state index contributed by atoms with van der Waals surface area (Å²) in [5, 5.41) is 10.8. The molecule has 2 rings (SSSR count). The van der Waals surface area contributed by atoms with E-state index in [9.17, 15) is 10.1 Å². The number of nitro benzene ring substituents is 1. The van der Waals surface area contributed by atoms with Crippen molar-refractivity contribution >= 4 is 17.7 Å². The molecule has 0 fully saturated rings. The van der Waals surface area contributed by atoms with Crippen LogP contribution in [-0.4, -0.2) is 24.4 Å². The van der Waals surface area contributed by atoms with Gasteiger partial charge < -0.3 is 4.90 Å². The van der Waals surface area contributed by atoms with Crippen molar-refractivity contribution in [3.63, 3.8) is 0 Å². The zero-order chi connectivity index (χ0) is 10.7.